The van der Waals surface area contributed by atoms with Crippen LogP contribution in [0.1, 0.15) is 29.5 Å². The molecule has 0 spiro atoms. The van der Waals surface area contributed by atoms with Gasteiger partial charge in [0.1, 0.15) is 0 Å². The van der Waals surface area contributed by atoms with Crippen LogP contribution in [-0.4, -0.2) is 17.0 Å². The number of thiophene rings is 1. The van der Waals surface area contributed by atoms with Crippen molar-refractivity contribution in [2.45, 2.75) is 37.4 Å². The second-order valence-corrected chi connectivity index (χ2v) is 7.05. The van der Waals surface area contributed by atoms with Crippen LogP contribution in [0.15, 0.2) is 12.1 Å². The highest BCUT2D eigenvalue weighted by Crippen LogP contribution is 2.41. The monoisotopic (exact) mass is 241 g/mol. The molecule has 1 nitrogen and oxygen atoms in total. The molecule has 1 fully saturated rings. The summed E-state index contributed by atoms with van der Waals surface area (Å²) in [6.07, 6.45) is 4.98. The number of nitrogens with two attached hydrogens (primary N) is 1. The van der Waals surface area contributed by atoms with Gasteiger partial charge in [-0.2, -0.15) is 11.8 Å². The van der Waals surface area contributed by atoms with Gasteiger partial charge in [-0.05, 0) is 43.6 Å². The lowest BCUT2D eigenvalue weighted by atomic mass is 9.98. The first kappa shape index (κ1) is 11.5. The molecule has 1 atom stereocenters. The second-order valence-electron chi connectivity index (χ2n) is 4.24. The van der Waals surface area contributed by atoms with Crippen molar-refractivity contribution in [1.29, 1.82) is 0 Å². The van der Waals surface area contributed by atoms with Gasteiger partial charge >= 0.3 is 0 Å². The highest BCUT2D eigenvalue weighted by atomic mass is 32.2. The zero-order valence-corrected chi connectivity index (χ0v) is 10.9. The van der Waals surface area contributed by atoms with Gasteiger partial charge in [-0.3, -0.25) is 0 Å². The van der Waals surface area contributed by atoms with Crippen LogP contribution in [0, 0.1) is 0 Å². The number of hydrogen-bond donors (Lipinski definition) is 1. The standard InChI is InChI=1S/C12H19NS2/c1-2-10-4-5-11(15-10)8-12(9-13)6-3-7-14-12/h4-5H,2-3,6-9,13H2,1H3. The first-order valence-corrected chi connectivity index (χ1v) is 7.50. The Morgan fingerprint density at radius 1 is 1.40 bits per heavy atom. The van der Waals surface area contributed by atoms with E-state index >= 15 is 0 Å². The van der Waals surface area contributed by atoms with E-state index in [0.717, 1.165) is 13.0 Å². The number of hydrogen-bond acceptors (Lipinski definition) is 3. The first-order valence-electron chi connectivity index (χ1n) is 5.69. The average Bonchev–Trinajstić information content (AvgIpc) is 2.88. The molecule has 1 aliphatic rings. The summed E-state index contributed by atoms with van der Waals surface area (Å²) in [6, 6.07) is 4.56. The van der Waals surface area contributed by atoms with E-state index in [9.17, 15) is 0 Å². The van der Waals surface area contributed by atoms with E-state index in [1.807, 2.05) is 11.3 Å². The minimum Gasteiger partial charge on any atom is -0.329 e. The van der Waals surface area contributed by atoms with E-state index in [-0.39, 0.29) is 0 Å². The lowest BCUT2D eigenvalue weighted by Gasteiger charge is -2.25. The van der Waals surface area contributed by atoms with E-state index in [1.54, 1.807) is 0 Å². The molecule has 0 aromatic carbocycles. The van der Waals surface area contributed by atoms with Crippen LogP contribution in [0.4, 0.5) is 0 Å². The fraction of sp³-hybridized carbons (Fsp3) is 0.667. The molecular weight excluding hydrogens is 222 g/mol. The van der Waals surface area contributed by atoms with Gasteiger partial charge in [0, 0.05) is 21.0 Å². The van der Waals surface area contributed by atoms with Crippen molar-refractivity contribution >= 4 is 23.1 Å². The van der Waals surface area contributed by atoms with Gasteiger partial charge in [0.15, 0.2) is 0 Å². The van der Waals surface area contributed by atoms with Gasteiger partial charge in [0.25, 0.3) is 0 Å². The summed E-state index contributed by atoms with van der Waals surface area (Å²) in [4.78, 5) is 3.02. The largest absolute Gasteiger partial charge is 0.329 e. The molecule has 2 rings (SSSR count). The zero-order valence-electron chi connectivity index (χ0n) is 9.29. The van der Waals surface area contributed by atoms with Gasteiger partial charge in [-0.15, -0.1) is 11.3 Å². The molecule has 15 heavy (non-hydrogen) atoms. The summed E-state index contributed by atoms with van der Waals surface area (Å²) in [5.74, 6) is 1.29. The fourth-order valence-electron chi connectivity index (χ4n) is 2.15. The normalized spacial score (nSPS) is 26.0. The summed E-state index contributed by atoms with van der Waals surface area (Å²) in [6.45, 7) is 3.05. The van der Waals surface area contributed by atoms with Gasteiger partial charge in [0.05, 0.1) is 0 Å². The minimum absolute atomic E-state index is 0.357. The average molecular weight is 241 g/mol. The lowest BCUT2D eigenvalue weighted by molar-refractivity contribution is 0.569. The molecule has 1 saturated heterocycles. The Balaban J connectivity index is 2.05. The van der Waals surface area contributed by atoms with Crippen molar-refractivity contribution in [3.63, 3.8) is 0 Å². The predicted octanol–water partition coefficient (Wildman–Crippen LogP) is 3.08. The van der Waals surface area contributed by atoms with Crippen LogP contribution >= 0.6 is 23.1 Å². The molecule has 1 aromatic heterocycles. The summed E-state index contributed by atoms with van der Waals surface area (Å²) in [7, 11) is 0. The Labute approximate surface area is 100 Å². The molecule has 0 amide bonds. The van der Waals surface area contributed by atoms with Crippen LogP contribution in [0.3, 0.4) is 0 Å². The third-order valence-corrected chi connectivity index (χ3v) is 5.97. The first-order chi connectivity index (χ1) is 7.28. The SMILES string of the molecule is CCc1ccc(CC2(CN)CCCS2)s1. The molecule has 0 saturated carbocycles. The van der Waals surface area contributed by atoms with Crippen LogP contribution in [0.5, 0.6) is 0 Å². The van der Waals surface area contributed by atoms with E-state index in [4.69, 9.17) is 5.73 Å². The molecule has 1 aliphatic heterocycles. The highest BCUT2D eigenvalue weighted by Gasteiger charge is 2.33. The van der Waals surface area contributed by atoms with Gasteiger partial charge in [-0.25, -0.2) is 0 Å². The zero-order chi connectivity index (χ0) is 10.7. The van der Waals surface area contributed by atoms with Crippen molar-refractivity contribution in [1.82, 2.24) is 0 Å². The van der Waals surface area contributed by atoms with Gasteiger partial charge in [0.2, 0.25) is 0 Å². The van der Waals surface area contributed by atoms with E-state index in [0.29, 0.717) is 4.75 Å². The molecule has 1 aromatic rings. The van der Waals surface area contributed by atoms with Gasteiger partial charge in [-0.1, -0.05) is 6.92 Å². The van der Waals surface area contributed by atoms with Crippen molar-refractivity contribution in [3.8, 4) is 0 Å². The van der Waals surface area contributed by atoms with E-state index < -0.39 is 0 Å². The van der Waals surface area contributed by atoms with Crippen molar-refractivity contribution in [2.75, 3.05) is 12.3 Å². The molecule has 0 radical (unpaired) electrons. The molecule has 84 valence electrons. The number of thioether (sulfide) groups is 1. The number of rotatable bonds is 4. The van der Waals surface area contributed by atoms with E-state index in [1.165, 1.54) is 34.8 Å². The summed E-state index contributed by atoms with van der Waals surface area (Å²) in [5.41, 5.74) is 5.94. The Hall–Kier alpha value is 0.01000. The van der Waals surface area contributed by atoms with Crippen molar-refractivity contribution in [3.05, 3.63) is 21.9 Å². The smallest absolute Gasteiger partial charge is 0.0330 e. The van der Waals surface area contributed by atoms with Gasteiger partial charge < -0.3 is 5.73 Å². The predicted molar refractivity (Wildman–Crippen MR) is 70.9 cm³/mol. The third-order valence-electron chi connectivity index (χ3n) is 3.12. The Bertz CT molecular complexity index is 313. The highest BCUT2D eigenvalue weighted by molar-refractivity contribution is 8.00. The summed E-state index contributed by atoms with van der Waals surface area (Å²) in [5, 5.41) is 0. The third kappa shape index (κ3) is 2.58. The minimum atomic E-state index is 0.357. The molecule has 3 heteroatoms. The van der Waals surface area contributed by atoms with Crippen LogP contribution < -0.4 is 5.73 Å². The van der Waals surface area contributed by atoms with Crippen LogP contribution in [0.2, 0.25) is 0 Å². The number of aryl methyl sites for hydroxylation is 1. The van der Waals surface area contributed by atoms with Crippen LogP contribution in [-0.2, 0) is 12.8 Å². The Morgan fingerprint density at radius 2 is 2.20 bits per heavy atom. The maximum Gasteiger partial charge on any atom is 0.0330 e. The maximum atomic E-state index is 5.94. The Kier molecular flexibility index (Phi) is 3.75. The summed E-state index contributed by atoms with van der Waals surface area (Å²) < 4.78 is 0.357. The van der Waals surface area contributed by atoms with Crippen molar-refractivity contribution in [2.24, 2.45) is 5.73 Å². The lowest BCUT2D eigenvalue weighted by Crippen LogP contribution is -2.33. The molecule has 0 bridgehead atoms. The molecular formula is C12H19NS2. The van der Waals surface area contributed by atoms with E-state index in [2.05, 4.69) is 30.8 Å². The molecule has 1 unspecified atom stereocenters. The maximum absolute atomic E-state index is 5.94. The molecule has 0 aliphatic carbocycles. The fourth-order valence-corrected chi connectivity index (χ4v) is 4.73. The summed E-state index contributed by atoms with van der Waals surface area (Å²) >= 11 is 4.05. The Morgan fingerprint density at radius 3 is 2.73 bits per heavy atom. The van der Waals surface area contributed by atoms with Crippen LogP contribution in [0.25, 0.3) is 0 Å². The molecule has 2 heterocycles. The second kappa shape index (κ2) is 4.89. The quantitative estimate of drug-likeness (QED) is 0.876. The van der Waals surface area contributed by atoms with Crippen molar-refractivity contribution < 1.29 is 0 Å². The topological polar surface area (TPSA) is 26.0 Å². The molecule has 2 N–H and O–H groups in total.